The highest BCUT2D eigenvalue weighted by molar-refractivity contribution is 5.61. The Balaban J connectivity index is 2.49. The number of nitrogens with zero attached hydrogens (tertiary/aromatic N) is 1. The molecule has 7 heavy (non-hydrogen) atoms. The summed E-state index contributed by atoms with van der Waals surface area (Å²) in [6.07, 6.45) is 1.09. The van der Waals surface area contributed by atoms with Crippen LogP contribution in [0.2, 0.25) is 0 Å². The lowest BCUT2D eigenvalue weighted by Crippen LogP contribution is -2.14. The quantitative estimate of drug-likeness (QED) is 0.437. The van der Waals surface area contributed by atoms with Crippen molar-refractivity contribution in [3.05, 3.63) is 0 Å². The predicted octanol–water partition coefficient (Wildman–Crippen LogP) is 1.10. The smallest absolute Gasteiger partial charge is 0.272 e. The molecular formula is C4H5F2N. The standard InChI is InChI=1S/C4H5F2N/c5-4(6)1-2-7-3-4/h2H,1,3H2. The normalized spacial score (nSPS) is 26.0. The molecule has 1 rings (SSSR count). The van der Waals surface area contributed by atoms with Crippen LogP contribution >= 0.6 is 0 Å². The molecule has 3 heteroatoms. The third kappa shape index (κ3) is 0.947. The molecule has 0 aliphatic carbocycles. The minimum atomic E-state index is -2.53. The number of alkyl halides is 2. The number of rotatable bonds is 0. The third-order valence-electron chi connectivity index (χ3n) is 0.842. The lowest BCUT2D eigenvalue weighted by Gasteiger charge is -2.01. The molecule has 1 nitrogen and oxygen atoms in total. The van der Waals surface area contributed by atoms with Crippen molar-refractivity contribution in [3.63, 3.8) is 0 Å². The molecule has 0 N–H and O–H groups in total. The molecule has 1 aliphatic heterocycles. The number of hydrogen-bond donors (Lipinski definition) is 0. The molecular weight excluding hydrogens is 100 g/mol. The first-order valence-corrected chi connectivity index (χ1v) is 2.07. The minimum absolute atomic E-state index is 0.174. The second kappa shape index (κ2) is 1.25. The maximum atomic E-state index is 11.8. The fraction of sp³-hybridized carbons (Fsp3) is 0.750. The van der Waals surface area contributed by atoms with Crippen molar-refractivity contribution in [3.8, 4) is 0 Å². The molecule has 1 aliphatic rings. The second-order valence-corrected chi connectivity index (χ2v) is 1.58. The molecule has 1 heterocycles. The van der Waals surface area contributed by atoms with Crippen LogP contribution in [0.4, 0.5) is 8.78 Å². The molecule has 0 spiro atoms. The third-order valence-corrected chi connectivity index (χ3v) is 0.842. The monoisotopic (exact) mass is 105 g/mol. The molecule has 0 amide bonds. The van der Waals surface area contributed by atoms with Crippen molar-refractivity contribution in [1.82, 2.24) is 0 Å². The van der Waals surface area contributed by atoms with E-state index < -0.39 is 5.92 Å². The first kappa shape index (κ1) is 4.68. The van der Waals surface area contributed by atoms with Crippen LogP contribution in [0.3, 0.4) is 0 Å². The summed E-state index contributed by atoms with van der Waals surface area (Å²) < 4.78 is 23.6. The molecule has 0 unspecified atom stereocenters. The zero-order valence-corrected chi connectivity index (χ0v) is 3.69. The van der Waals surface area contributed by atoms with Gasteiger partial charge in [-0.1, -0.05) is 0 Å². The Hall–Kier alpha value is -0.470. The SMILES string of the molecule is FC1(F)CC=NC1. The topological polar surface area (TPSA) is 12.4 Å². The summed E-state index contributed by atoms with van der Waals surface area (Å²) in [4.78, 5) is 3.36. The van der Waals surface area contributed by atoms with Crippen molar-refractivity contribution in [1.29, 1.82) is 0 Å². The molecule has 40 valence electrons. The van der Waals surface area contributed by atoms with Gasteiger partial charge in [-0.05, 0) is 0 Å². The Morgan fingerprint density at radius 3 is 2.43 bits per heavy atom. The van der Waals surface area contributed by atoms with Crippen LogP contribution in [0.5, 0.6) is 0 Å². The molecule has 0 bridgehead atoms. The van der Waals surface area contributed by atoms with Gasteiger partial charge in [-0.2, -0.15) is 0 Å². The lowest BCUT2D eigenvalue weighted by molar-refractivity contribution is 0.0283. The van der Waals surface area contributed by atoms with E-state index in [0.717, 1.165) is 0 Å². The fourth-order valence-corrected chi connectivity index (χ4v) is 0.461. The fourth-order valence-electron chi connectivity index (χ4n) is 0.461. The van der Waals surface area contributed by atoms with Gasteiger partial charge < -0.3 is 0 Å². The Morgan fingerprint density at radius 1 is 1.57 bits per heavy atom. The van der Waals surface area contributed by atoms with Gasteiger partial charge >= 0.3 is 0 Å². The molecule has 0 saturated carbocycles. The highest BCUT2D eigenvalue weighted by Gasteiger charge is 2.30. The van der Waals surface area contributed by atoms with Crippen LogP contribution in [0, 0.1) is 0 Å². The summed E-state index contributed by atoms with van der Waals surface area (Å²) in [5, 5.41) is 0. The largest absolute Gasteiger partial charge is 0.291 e. The molecule has 0 saturated heterocycles. The van der Waals surface area contributed by atoms with E-state index in [1.54, 1.807) is 0 Å². The van der Waals surface area contributed by atoms with Crippen LogP contribution in [-0.4, -0.2) is 18.7 Å². The average Bonchev–Trinajstić information content (AvgIpc) is 1.84. The second-order valence-electron chi connectivity index (χ2n) is 1.58. The van der Waals surface area contributed by atoms with Gasteiger partial charge in [-0.3, -0.25) is 4.99 Å². The lowest BCUT2D eigenvalue weighted by atomic mass is 10.3. The van der Waals surface area contributed by atoms with E-state index in [4.69, 9.17) is 0 Å². The van der Waals surface area contributed by atoms with Crippen LogP contribution in [0.15, 0.2) is 4.99 Å². The molecule has 0 aromatic rings. The van der Waals surface area contributed by atoms with Crippen LogP contribution in [0.1, 0.15) is 6.42 Å². The van der Waals surface area contributed by atoms with E-state index in [0.29, 0.717) is 0 Å². The Kier molecular flexibility index (Phi) is 0.836. The zero-order chi connectivity index (χ0) is 5.33. The number of aliphatic imine (C=N–C) groups is 1. The average molecular weight is 105 g/mol. The van der Waals surface area contributed by atoms with Gasteiger partial charge in [0.25, 0.3) is 5.92 Å². The van der Waals surface area contributed by atoms with Gasteiger partial charge in [0.05, 0.1) is 0 Å². The summed E-state index contributed by atoms with van der Waals surface area (Å²) in [5.74, 6) is -2.53. The van der Waals surface area contributed by atoms with Crippen molar-refractivity contribution in [2.45, 2.75) is 12.3 Å². The Morgan fingerprint density at radius 2 is 2.29 bits per heavy atom. The summed E-state index contributed by atoms with van der Waals surface area (Å²) in [6, 6.07) is 0. The Bertz CT molecular complexity index is 87.9. The maximum absolute atomic E-state index is 11.8. The minimum Gasteiger partial charge on any atom is -0.291 e. The maximum Gasteiger partial charge on any atom is 0.272 e. The summed E-state index contributed by atoms with van der Waals surface area (Å²) in [5.41, 5.74) is 0. The number of hydrogen-bond acceptors (Lipinski definition) is 1. The van der Waals surface area contributed by atoms with E-state index in [9.17, 15) is 8.78 Å². The zero-order valence-electron chi connectivity index (χ0n) is 3.69. The van der Waals surface area contributed by atoms with E-state index in [-0.39, 0.29) is 13.0 Å². The predicted molar refractivity (Wildman–Crippen MR) is 22.9 cm³/mol. The van der Waals surface area contributed by atoms with Crippen molar-refractivity contribution in [2.24, 2.45) is 4.99 Å². The van der Waals surface area contributed by atoms with E-state index in [1.807, 2.05) is 0 Å². The molecule has 0 aromatic heterocycles. The van der Waals surface area contributed by atoms with Gasteiger partial charge in [-0.15, -0.1) is 0 Å². The van der Waals surface area contributed by atoms with Crippen LogP contribution in [-0.2, 0) is 0 Å². The van der Waals surface area contributed by atoms with Crippen LogP contribution in [0.25, 0.3) is 0 Å². The van der Waals surface area contributed by atoms with Gasteiger partial charge in [0.15, 0.2) is 0 Å². The van der Waals surface area contributed by atoms with Crippen LogP contribution < -0.4 is 0 Å². The molecule has 0 radical (unpaired) electrons. The highest BCUT2D eigenvalue weighted by Crippen LogP contribution is 2.20. The summed E-state index contributed by atoms with van der Waals surface area (Å²) in [7, 11) is 0. The highest BCUT2D eigenvalue weighted by atomic mass is 19.3. The summed E-state index contributed by atoms with van der Waals surface area (Å²) in [6.45, 7) is -0.312. The first-order valence-electron chi connectivity index (χ1n) is 2.07. The molecule has 0 atom stereocenters. The van der Waals surface area contributed by atoms with Crippen molar-refractivity contribution >= 4 is 6.21 Å². The Labute approximate surface area is 40.1 Å². The van der Waals surface area contributed by atoms with Crippen molar-refractivity contribution < 1.29 is 8.78 Å². The molecule has 0 aromatic carbocycles. The van der Waals surface area contributed by atoms with Gasteiger partial charge in [0, 0.05) is 12.6 Å². The van der Waals surface area contributed by atoms with E-state index in [2.05, 4.69) is 4.99 Å². The van der Waals surface area contributed by atoms with Gasteiger partial charge in [-0.25, -0.2) is 8.78 Å². The summed E-state index contributed by atoms with van der Waals surface area (Å²) >= 11 is 0. The van der Waals surface area contributed by atoms with Crippen molar-refractivity contribution in [2.75, 3.05) is 6.54 Å². The van der Waals surface area contributed by atoms with Gasteiger partial charge in [0.1, 0.15) is 6.54 Å². The van der Waals surface area contributed by atoms with E-state index >= 15 is 0 Å². The molecule has 0 fully saturated rings. The first-order chi connectivity index (χ1) is 3.21. The van der Waals surface area contributed by atoms with E-state index in [1.165, 1.54) is 6.21 Å². The van der Waals surface area contributed by atoms with Gasteiger partial charge in [0.2, 0.25) is 0 Å². The number of halogens is 2.